The van der Waals surface area contributed by atoms with Crippen LogP contribution in [0.25, 0.3) is 0 Å². The first-order chi connectivity index (χ1) is 9.86. The average Bonchev–Trinajstić information content (AvgIpc) is 2.99. The molecule has 1 atom stereocenters. The Morgan fingerprint density at radius 1 is 1.48 bits per heavy atom. The number of thiazole rings is 1. The Hall–Kier alpha value is -1.15. The van der Waals surface area contributed by atoms with E-state index >= 15 is 0 Å². The van der Waals surface area contributed by atoms with Crippen molar-refractivity contribution in [2.75, 3.05) is 5.32 Å². The van der Waals surface area contributed by atoms with E-state index in [1.54, 1.807) is 5.38 Å². The molecule has 8 heteroatoms. The highest BCUT2D eigenvalue weighted by Gasteiger charge is 2.44. The van der Waals surface area contributed by atoms with Crippen LogP contribution in [0, 0.1) is 5.92 Å². The standard InChI is InChI=1S/C13H18F3N3OS/c1-8(20)18-12-19-10(7-21-12)6-17-11(13(14,15)16)9-4-2-3-5-9/h7,9,11,17H,2-6H2,1H3,(H,18,19,20)/t11-/m0/s1. The summed E-state index contributed by atoms with van der Waals surface area (Å²) in [4.78, 5) is 15.0. The maximum absolute atomic E-state index is 13.1. The van der Waals surface area contributed by atoms with Crippen molar-refractivity contribution in [3.63, 3.8) is 0 Å². The Morgan fingerprint density at radius 2 is 2.14 bits per heavy atom. The molecular weight excluding hydrogens is 303 g/mol. The summed E-state index contributed by atoms with van der Waals surface area (Å²) in [5.41, 5.74) is 0.510. The molecule has 1 heterocycles. The van der Waals surface area contributed by atoms with E-state index in [1.807, 2.05) is 0 Å². The van der Waals surface area contributed by atoms with Crippen LogP contribution in [0.4, 0.5) is 18.3 Å². The molecule has 2 rings (SSSR count). The molecule has 0 radical (unpaired) electrons. The van der Waals surface area contributed by atoms with Crippen LogP contribution in [-0.4, -0.2) is 23.1 Å². The Balaban J connectivity index is 1.95. The lowest BCUT2D eigenvalue weighted by molar-refractivity contribution is -0.168. The minimum atomic E-state index is -4.24. The topological polar surface area (TPSA) is 54.0 Å². The van der Waals surface area contributed by atoms with Crippen molar-refractivity contribution in [1.82, 2.24) is 10.3 Å². The van der Waals surface area contributed by atoms with Crippen molar-refractivity contribution in [1.29, 1.82) is 0 Å². The third-order valence-electron chi connectivity index (χ3n) is 3.56. The third-order valence-corrected chi connectivity index (χ3v) is 4.37. The normalized spacial score (nSPS) is 17.9. The number of hydrogen-bond donors (Lipinski definition) is 2. The summed E-state index contributed by atoms with van der Waals surface area (Å²) < 4.78 is 39.3. The number of halogens is 3. The number of hydrogen-bond acceptors (Lipinski definition) is 4. The molecule has 21 heavy (non-hydrogen) atoms. The molecule has 1 aliphatic rings. The second-order valence-corrected chi connectivity index (χ2v) is 6.13. The highest BCUT2D eigenvalue weighted by atomic mass is 32.1. The van der Waals surface area contributed by atoms with Crippen LogP contribution in [0.15, 0.2) is 5.38 Å². The summed E-state index contributed by atoms with van der Waals surface area (Å²) in [5, 5.41) is 7.17. The van der Waals surface area contributed by atoms with Crippen molar-refractivity contribution in [3.8, 4) is 0 Å². The number of carbonyl (C=O) groups is 1. The monoisotopic (exact) mass is 321 g/mol. The van der Waals surface area contributed by atoms with Gasteiger partial charge in [0.2, 0.25) is 5.91 Å². The zero-order valence-electron chi connectivity index (χ0n) is 11.7. The van der Waals surface area contributed by atoms with Gasteiger partial charge in [-0.15, -0.1) is 11.3 Å². The molecule has 0 spiro atoms. The van der Waals surface area contributed by atoms with E-state index in [-0.39, 0.29) is 18.4 Å². The van der Waals surface area contributed by atoms with Gasteiger partial charge in [-0.25, -0.2) is 4.98 Å². The number of anilines is 1. The minimum Gasteiger partial charge on any atom is -0.302 e. The van der Waals surface area contributed by atoms with Gasteiger partial charge in [-0.1, -0.05) is 12.8 Å². The van der Waals surface area contributed by atoms with Crippen LogP contribution in [0.1, 0.15) is 38.3 Å². The lowest BCUT2D eigenvalue weighted by Crippen LogP contribution is -2.46. The Bertz CT molecular complexity index is 483. The second kappa shape index (κ2) is 6.74. The highest BCUT2D eigenvalue weighted by Crippen LogP contribution is 2.35. The number of rotatable bonds is 5. The summed E-state index contributed by atoms with van der Waals surface area (Å²) in [6.07, 6.45) is -1.28. The van der Waals surface area contributed by atoms with Crippen molar-refractivity contribution in [2.24, 2.45) is 5.92 Å². The number of aromatic nitrogens is 1. The molecule has 1 fully saturated rings. The van der Waals surface area contributed by atoms with E-state index in [1.165, 1.54) is 18.3 Å². The zero-order valence-corrected chi connectivity index (χ0v) is 12.5. The second-order valence-electron chi connectivity index (χ2n) is 5.27. The van der Waals surface area contributed by atoms with Gasteiger partial charge in [-0.05, 0) is 18.8 Å². The fourth-order valence-electron chi connectivity index (χ4n) is 2.65. The van der Waals surface area contributed by atoms with Gasteiger partial charge in [-0.2, -0.15) is 13.2 Å². The van der Waals surface area contributed by atoms with Gasteiger partial charge in [0.05, 0.1) is 5.69 Å². The molecule has 118 valence electrons. The molecule has 1 aromatic heterocycles. The van der Waals surface area contributed by atoms with Crippen LogP contribution < -0.4 is 10.6 Å². The lowest BCUT2D eigenvalue weighted by atomic mass is 9.97. The van der Waals surface area contributed by atoms with Gasteiger partial charge < -0.3 is 10.6 Å². The van der Waals surface area contributed by atoms with E-state index in [9.17, 15) is 18.0 Å². The molecule has 1 aromatic rings. The summed E-state index contributed by atoms with van der Waals surface area (Å²) in [7, 11) is 0. The Morgan fingerprint density at radius 3 is 2.71 bits per heavy atom. The molecular formula is C13H18F3N3OS. The molecule has 2 N–H and O–H groups in total. The van der Waals surface area contributed by atoms with E-state index in [4.69, 9.17) is 0 Å². The molecule has 1 amide bonds. The minimum absolute atomic E-state index is 0.0523. The van der Waals surface area contributed by atoms with Gasteiger partial charge in [0.15, 0.2) is 5.13 Å². The molecule has 0 aromatic carbocycles. The summed E-state index contributed by atoms with van der Waals surface area (Å²) in [5.74, 6) is -0.596. The van der Waals surface area contributed by atoms with E-state index in [2.05, 4.69) is 15.6 Å². The van der Waals surface area contributed by atoms with Gasteiger partial charge in [-0.3, -0.25) is 4.79 Å². The summed E-state index contributed by atoms with van der Waals surface area (Å²) in [6.45, 7) is 1.41. The smallest absolute Gasteiger partial charge is 0.302 e. The van der Waals surface area contributed by atoms with Crippen molar-refractivity contribution >= 4 is 22.4 Å². The first-order valence-electron chi connectivity index (χ1n) is 6.88. The third kappa shape index (κ3) is 4.67. The van der Waals surface area contributed by atoms with Crippen LogP contribution >= 0.6 is 11.3 Å². The largest absolute Gasteiger partial charge is 0.404 e. The van der Waals surface area contributed by atoms with Crippen LogP contribution in [0.2, 0.25) is 0 Å². The van der Waals surface area contributed by atoms with Gasteiger partial charge in [0.1, 0.15) is 6.04 Å². The van der Waals surface area contributed by atoms with Crippen LogP contribution in [0.3, 0.4) is 0 Å². The quantitative estimate of drug-likeness (QED) is 0.875. The zero-order chi connectivity index (χ0) is 15.5. The van der Waals surface area contributed by atoms with Crippen molar-refractivity contribution in [2.45, 2.75) is 51.4 Å². The highest BCUT2D eigenvalue weighted by molar-refractivity contribution is 7.13. The first kappa shape index (κ1) is 16.2. The maximum atomic E-state index is 13.1. The number of carbonyl (C=O) groups excluding carboxylic acids is 1. The Labute approximate surface area is 125 Å². The van der Waals surface area contributed by atoms with E-state index in [0.29, 0.717) is 23.7 Å². The average molecular weight is 321 g/mol. The number of nitrogens with one attached hydrogen (secondary N) is 2. The van der Waals surface area contributed by atoms with Gasteiger partial charge >= 0.3 is 6.18 Å². The number of amides is 1. The first-order valence-corrected chi connectivity index (χ1v) is 7.76. The van der Waals surface area contributed by atoms with Gasteiger partial charge in [0.25, 0.3) is 0 Å². The molecule has 0 saturated heterocycles. The lowest BCUT2D eigenvalue weighted by Gasteiger charge is -2.26. The summed E-state index contributed by atoms with van der Waals surface area (Å²) >= 11 is 1.20. The molecule has 4 nitrogen and oxygen atoms in total. The molecule has 1 saturated carbocycles. The fourth-order valence-corrected chi connectivity index (χ4v) is 3.41. The maximum Gasteiger partial charge on any atom is 0.404 e. The predicted octanol–water partition coefficient (Wildman–Crippen LogP) is 3.31. The van der Waals surface area contributed by atoms with E-state index in [0.717, 1.165) is 12.8 Å². The van der Waals surface area contributed by atoms with Crippen LogP contribution in [-0.2, 0) is 11.3 Å². The molecule has 1 aliphatic carbocycles. The van der Waals surface area contributed by atoms with E-state index < -0.39 is 12.2 Å². The van der Waals surface area contributed by atoms with Crippen molar-refractivity contribution < 1.29 is 18.0 Å². The van der Waals surface area contributed by atoms with Gasteiger partial charge in [0, 0.05) is 18.8 Å². The summed E-state index contributed by atoms with van der Waals surface area (Å²) in [6, 6.07) is -1.48. The van der Waals surface area contributed by atoms with Crippen LogP contribution in [0.5, 0.6) is 0 Å². The predicted molar refractivity (Wildman–Crippen MR) is 75.1 cm³/mol. The molecule has 0 unspecified atom stereocenters. The SMILES string of the molecule is CC(=O)Nc1nc(CN[C@@H](C2CCCC2)C(F)(F)F)cs1. The molecule has 0 aliphatic heterocycles. The number of alkyl halides is 3. The molecule has 0 bridgehead atoms. The number of nitrogens with zero attached hydrogens (tertiary/aromatic N) is 1. The fraction of sp³-hybridized carbons (Fsp3) is 0.692. The Kier molecular flexibility index (Phi) is 5.21. The van der Waals surface area contributed by atoms with Crippen molar-refractivity contribution in [3.05, 3.63) is 11.1 Å².